The van der Waals surface area contributed by atoms with E-state index < -0.39 is 10.0 Å². The van der Waals surface area contributed by atoms with Gasteiger partial charge in [0.2, 0.25) is 10.0 Å². The first-order valence-corrected chi connectivity index (χ1v) is 10.5. The molecule has 27 heavy (non-hydrogen) atoms. The van der Waals surface area contributed by atoms with Crippen molar-refractivity contribution < 1.29 is 8.42 Å². The van der Waals surface area contributed by atoms with Crippen molar-refractivity contribution in [3.63, 3.8) is 0 Å². The largest absolute Gasteiger partial charge is 0.315 e. The summed E-state index contributed by atoms with van der Waals surface area (Å²) in [7, 11) is -3.56. The molecule has 0 bridgehead atoms. The molecule has 1 atom stereocenters. The molecule has 0 fully saturated rings. The van der Waals surface area contributed by atoms with Gasteiger partial charge in [0.15, 0.2) is 0 Å². The minimum Gasteiger partial charge on any atom is -0.315 e. The number of aryl methyl sites for hydroxylation is 1. The molecule has 2 N–H and O–H groups in total. The van der Waals surface area contributed by atoms with Crippen LogP contribution in [-0.2, 0) is 16.4 Å². The molecule has 6 heteroatoms. The van der Waals surface area contributed by atoms with E-state index in [9.17, 15) is 8.42 Å². The quantitative estimate of drug-likeness (QED) is 0.587. The Labute approximate surface area is 160 Å². The first-order chi connectivity index (χ1) is 12.9. The Balaban J connectivity index is 1.52. The number of hydrogen-bond acceptors (Lipinski definition) is 4. The molecular weight excluding hydrogens is 358 g/mol. The van der Waals surface area contributed by atoms with Crippen LogP contribution < -0.4 is 10.0 Å². The average molecular weight is 384 g/mol. The van der Waals surface area contributed by atoms with Crippen molar-refractivity contribution in [2.45, 2.75) is 31.2 Å². The fourth-order valence-corrected chi connectivity index (χ4v) is 4.19. The molecule has 0 unspecified atom stereocenters. The highest BCUT2D eigenvalue weighted by Gasteiger charge is 2.17. The second kappa shape index (κ2) is 8.61. The third-order valence-corrected chi connectivity index (χ3v) is 6.03. The van der Waals surface area contributed by atoms with Crippen LogP contribution in [0.15, 0.2) is 65.8 Å². The Kier molecular flexibility index (Phi) is 6.21. The minimum atomic E-state index is -3.56. The summed E-state index contributed by atoms with van der Waals surface area (Å²) in [5.41, 5.74) is 2.52. The summed E-state index contributed by atoms with van der Waals surface area (Å²) in [5.74, 6) is 0. The summed E-state index contributed by atoms with van der Waals surface area (Å²) < 4.78 is 28.0. The van der Waals surface area contributed by atoms with Crippen molar-refractivity contribution in [1.29, 1.82) is 0 Å². The molecule has 142 valence electrons. The smallest absolute Gasteiger partial charge is 0.240 e. The lowest BCUT2D eigenvalue weighted by Gasteiger charge is -2.15. The number of sulfonamides is 1. The Bertz CT molecular complexity index is 1000. The van der Waals surface area contributed by atoms with E-state index in [2.05, 4.69) is 46.2 Å². The summed E-state index contributed by atoms with van der Waals surface area (Å²) in [5, 5.41) is 5.09. The monoisotopic (exact) mass is 383 g/mol. The second-order valence-electron chi connectivity index (χ2n) is 6.85. The Morgan fingerprint density at radius 3 is 2.59 bits per heavy atom. The number of hydrogen-bond donors (Lipinski definition) is 2. The van der Waals surface area contributed by atoms with Crippen LogP contribution in [0.1, 0.15) is 18.1 Å². The second-order valence-corrected chi connectivity index (χ2v) is 8.56. The van der Waals surface area contributed by atoms with E-state index >= 15 is 0 Å². The molecule has 0 saturated heterocycles. The fraction of sp³-hybridized carbons (Fsp3) is 0.286. The maximum Gasteiger partial charge on any atom is 0.240 e. The first kappa shape index (κ1) is 19.5. The summed E-state index contributed by atoms with van der Waals surface area (Å²) in [6.45, 7) is 5.31. The molecule has 5 nitrogen and oxygen atoms in total. The van der Waals surface area contributed by atoms with Crippen LogP contribution in [0.2, 0.25) is 0 Å². The van der Waals surface area contributed by atoms with Gasteiger partial charge in [0.05, 0.1) is 4.90 Å². The van der Waals surface area contributed by atoms with Gasteiger partial charge in [0.1, 0.15) is 0 Å². The van der Waals surface area contributed by atoms with Gasteiger partial charge in [-0.05, 0) is 56.0 Å². The Hall–Kier alpha value is -2.28. The summed E-state index contributed by atoms with van der Waals surface area (Å²) >= 11 is 0. The van der Waals surface area contributed by atoms with Crippen LogP contribution in [0.4, 0.5) is 0 Å². The minimum absolute atomic E-state index is 0.207. The molecule has 1 heterocycles. The third kappa shape index (κ3) is 5.35. The lowest BCUT2D eigenvalue weighted by atomic mass is 10.1. The predicted octanol–water partition coefficient (Wildman–Crippen LogP) is 3.04. The van der Waals surface area contributed by atoms with Crippen molar-refractivity contribution in [2.24, 2.45) is 0 Å². The lowest BCUT2D eigenvalue weighted by molar-refractivity contribution is 0.537. The van der Waals surface area contributed by atoms with Gasteiger partial charge in [-0.1, -0.05) is 35.9 Å². The molecular formula is C21H25N3O2S. The highest BCUT2D eigenvalue weighted by molar-refractivity contribution is 7.89. The van der Waals surface area contributed by atoms with Gasteiger partial charge in [-0.3, -0.25) is 4.98 Å². The van der Waals surface area contributed by atoms with E-state index in [4.69, 9.17) is 0 Å². The molecule has 0 radical (unpaired) electrons. The van der Waals surface area contributed by atoms with Gasteiger partial charge in [0, 0.05) is 30.4 Å². The highest BCUT2D eigenvalue weighted by atomic mass is 32.2. The van der Waals surface area contributed by atoms with Crippen LogP contribution >= 0.6 is 0 Å². The van der Waals surface area contributed by atoms with Crippen molar-refractivity contribution in [3.05, 3.63) is 72.1 Å². The normalized spacial score (nSPS) is 13.0. The summed E-state index contributed by atoms with van der Waals surface area (Å²) in [6.07, 6.45) is 4.30. The van der Waals surface area contributed by atoms with E-state index in [1.807, 2.05) is 13.0 Å². The van der Waals surface area contributed by atoms with Gasteiger partial charge in [0.25, 0.3) is 0 Å². The van der Waals surface area contributed by atoms with E-state index in [0.29, 0.717) is 6.54 Å². The van der Waals surface area contributed by atoms with Crippen LogP contribution in [0.25, 0.3) is 10.8 Å². The van der Waals surface area contributed by atoms with Crippen molar-refractivity contribution in [3.8, 4) is 0 Å². The third-order valence-electron chi connectivity index (χ3n) is 4.44. The number of pyridine rings is 1. The van der Waals surface area contributed by atoms with Crippen LogP contribution in [0.5, 0.6) is 0 Å². The predicted molar refractivity (Wildman–Crippen MR) is 109 cm³/mol. The summed E-state index contributed by atoms with van der Waals surface area (Å²) in [4.78, 5) is 4.32. The summed E-state index contributed by atoms with van der Waals surface area (Å²) in [6, 6.07) is 15.1. The van der Waals surface area contributed by atoms with E-state index in [-0.39, 0.29) is 10.9 Å². The van der Waals surface area contributed by atoms with Crippen molar-refractivity contribution >= 4 is 20.8 Å². The van der Waals surface area contributed by atoms with Crippen molar-refractivity contribution in [1.82, 2.24) is 15.0 Å². The van der Waals surface area contributed by atoms with Crippen LogP contribution in [0.3, 0.4) is 0 Å². The zero-order chi connectivity index (χ0) is 19.3. The molecule has 0 amide bonds. The fourth-order valence-electron chi connectivity index (χ4n) is 2.91. The number of rotatable bonds is 8. The molecule has 2 aromatic carbocycles. The number of nitrogens with one attached hydrogen (secondary N) is 2. The maximum atomic E-state index is 12.6. The Morgan fingerprint density at radius 1 is 1.04 bits per heavy atom. The SMILES string of the molecule is Cc1ccc(CCNC[C@@H](C)NS(=O)(=O)c2ccc3cnccc3c2)cc1. The van der Waals surface area contributed by atoms with Gasteiger partial charge in [-0.2, -0.15) is 0 Å². The van der Waals surface area contributed by atoms with Crippen LogP contribution in [0, 0.1) is 6.92 Å². The molecule has 0 aliphatic carbocycles. The molecule has 3 rings (SSSR count). The molecule has 1 aromatic heterocycles. The van der Waals surface area contributed by atoms with Gasteiger partial charge >= 0.3 is 0 Å². The molecule has 0 spiro atoms. The molecule has 0 saturated carbocycles. The van der Waals surface area contributed by atoms with Gasteiger partial charge in [-0.15, -0.1) is 0 Å². The van der Waals surface area contributed by atoms with Crippen molar-refractivity contribution in [2.75, 3.05) is 13.1 Å². The molecule has 0 aliphatic rings. The van der Waals surface area contributed by atoms with E-state index in [1.54, 1.807) is 30.6 Å². The number of nitrogens with zero attached hydrogens (tertiary/aromatic N) is 1. The van der Waals surface area contributed by atoms with Gasteiger partial charge < -0.3 is 5.32 Å². The number of aromatic nitrogens is 1. The molecule has 3 aromatic rings. The number of fused-ring (bicyclic) bond motifs is 1. The van der Waals surface area contributed by atoms with E-state index in [1.165, 1.54) is 11.1 Å². The molecule has 0 aliphatic heterocycles. The first-order valence-electron chi connectivity index (χ1n) is 9.06. The topological polar surface area (TPSA) is 71.1 Å². The number of benzene rings is 2. The Morgan fingerprint density at radius 2 is 1.81 bits per heavy atom. The highest BCUT2D eigenvalue weighted by Crippen LogP contribution is 2.18. The van der Waals surface area contributed by atoms with Crippen LogP contribution in [-0.4, -0.2) is 32.5 Å². The maximum absolute atomic E-state index is 12.6. The van der Waals surface area contributed by atoms with Gasteiger partial charge in [-0.25, -0.2) is 13.1 Å². The standard InChI is InChI=1S/C21H25N3O2S/c1-16-3-5-18(6-4-16)9-11-22-14-17(2)24-27(25,26)21-8-7-20-15-23-12-10-19(20)13-21/h3-8,10,12-13,15,17,22,24H,9,11,14H2,1-2H3/t17-/m1/s1. The lowest BCUT2D eigenvalue weighted by Crippen LogP contribution is -2.40. The van der Waals surface area contributed by atoms with E-state index in [0.717, 1.165) is 23.7 Å². The zero-order valence-electron chi connectivity index (χ0n) is 15.6. The zero-order valence-corrected chi connectivity index (χ0v) is 16.5. The average Bonchev–Trinajstić information content (AvgIpc) is 2.66.